The lowest BCUT2D eigenvalue weighted by Crippen LogP contribution is -2.12. The summed E-state index contributed by atoms with van der Waals surface area (Å²) in [4.78, 5) is 12.6. The second-order valence-electron chi connectivity index (χ2n) is 3.03. The number of carbonyl (C=O) groups is 1. The smallest absolute Gasteiger partial charge is 0.178 e. The molecule has 1 aliphatic rings. The number of carbonyl (C=O) groups excluding carboxylic acids is 1. The Balaban J connectivity index is 2.12. The molecule has 0 aromatic carbocycles. The van der Waals surface area contributed by atoms with Crippen LogP contribution in [0.2, 0.25) is 0 Å². The molecule has 0 radical (unpaired) electrons. The summed E-state index contributed by atoms with van der Waals surface area (Å²) in [5, 5.41) is 0. The SMILES string of the molecule is O=C(c1ccc(Br)s1)[C@H]1CCOC1. The number of Topliss-reactive ketones (excluding diaryl/α,β-unsaturated/α-hetero) is 1. The fourth-order valence-corrected chi connectivity index (χ4v) is 2.79. The first-order valence-electron chi connectivity index (χ1n) is 4.14. The predicted molar refractivity (Wildman–Crippen MR) is 55.3 cm³/mol. The van der Waals surface area contributed by atoms with Gasteiger partial charge in [-0.25, -0.2) is 0 Å². The van der Waals surface area contributed by atoms with Crippen molar-refractivity contribution >= 4 is 33.0 Å². The number of rotatable bonds is 2. The minimum Gasteiger partial charge on any atom is -0.381 e. The zero-order valence-corrected chi connectivity index (χ0v) is 9.36. The van der Waals surface area contributed by atoms with Crippen LogP contribution in [0.1, 0.15) is 16.1 Å². The number of hydrogen-bond donors (Lipinski definition) is 0. The van der Waals surface area contributed by atoms with E-state index in [9.17, 15) is 4.79 Å². The molecule has 0 amide bonds. The van der Waals surface area contributed by atoms with Gasteiger partial charge in [-0.05, 0) is 34.5 Å². The first-order chi connectivity index (χ1) is 6.27. The fraction of sp³-hybridized carbons (Fsp3) is 0.444. The van der Waals surface area contributed by atoms with Crippen LogP contribution in [-0.4, -0.2) is 19.0 Å². The van der Waals surface area contributed by atoms with Gasteiger partial charge in [-0.2, -0.15) is 0 Å². The Morgan fingerprint density at radius 1 is 1.62 bits per heavy atom. The zero-order chi connectivity index (χ0) is 9.26. The van der Waals surface area contributed by atoms with Crippen molar-refractivity contribution in [3.8, 4) is 0 Å². The highest BCUT2D eigenvalue weighted by atomic mass is 79.9. The van der Waals surface area contributed by atoms with Gasteiger partial charge >= 0.3 is 0 Å². The molecule has 70 valence electrons. The van der Waals surface area contributed by atoms with Gasteiger partial charge < -0.3 is 4.74 Å². The molecule has 13 heavy (non-hydrogen) atoms. The summed E-state index contributed by atoms with van der Waals surface area (Å²) in [5.41, 5.74) is 0. The van der Waals surface area contributed by atoms with Gasteiger partial charge in [0.1, 0.15) is 0 Å². The van der Waals surface area contributed by atoms with Crippen molar-refractivity contribution in [3.05, 3.63) is 20.8 Å². The molecule has 0 spiro atoms. The van der Waals surface area contributed by atoms with E-state index in [1.165, 1.54) is 11.3 Å². The van der Waals surface area contributed by atoms with E-state index in [0.717, 1.165) is 21.7 Å². The van der Waals surface area contributed by atoms with Crippen molar-refractivity contribution in [3.63, 3.8) is 0 Å². The van der Waals surface area contributed by atoms with E-state index in [2.05, 4.69) is 15.9 Å². The zero-order valence-electron chi connectivity index (χ0n) is 6.96. The van der Waals surface area contributed by atoms with Gasteiger partial charge in [0.05, 0.1) is 15.3 Å². The summed E-state index contributed by atoms with van der Waals surface area (Å²) in [7, 11) is 0. The Bertz CT molecular complexity index is 315. The Morgan fingerprint density at radius 3 is 3.00 bits per heavy atom. The molecule has 4 heteroatoms. The molecule has 1 fully saturated rings. The number of ketones is 1. The van der Waals surface area contributed by atoms with Crippen molar-refractivity contribution in [2.45, 2.75) is 6.42 Å². The molecule has 1 aromatic rings. The quantitative estimate of drug-likeness (QED) is 0.765. The Labute approximate surface area is 89.0 Å². The molecule has 0 unspecified atom stereocenters. The van der Waals surface area contributed by atoms with Crippen LogP contribution in [0.25, 0.3) is 0 Å². The summed E-state index contributed by atoms with van der Waals surface area (Å²) in [6.07, 6.45) is 0.869. The number of thiophene rings is 1. The third-order valence-corrected chi connectivity index (χ3v) is 3.75. The normalized spacial score (nSPS) is 22.1. The van der Waals surface area contributed by atoms with Crippen molar-refractivity contribution in [2.24, 2.45) is 5.92 Å². The average molecular weight is 261 g/mol. The molecule has 2 heterocycles. The lowest BCUT2D eigenvalue weighted by atomic mass is 10.0. The molecule has 2 rings (SSSR count). The van der Waals surface area contributed by atoms with Crippen LogP contribution in [-0.2, 0) is 4.74 Å². The number of halogens is 1. The van der Waals surface area contributed by atoms with Crippen molar-refractivity contribution in [1.29, 1.82) is 0 Å². The lowest BCUT2D eigenvalue weighted by molar-refractivity contribution is 0.0904. The first-order valence-corrected chi connectivity index (χ1v) is 5.75. The Kier molecular flexibility index (Phi) is 2.81. The van der Waals surface area contributed by atoms with E-state index in [1.807, 2.05) is 12.1 Å². The van der Waals surface area contributed by atoms with Crippen molar-refractivity contribution in [2.75, 3.05) is 13.2 Å². The maximum Gasteiger partial charge on any atom is 0.178 e. The highest BCUT2D eigenvalue weighted by Gasteiger charge is 2.25. The standard InChI is InChI=1S/C9H9BrO2S/c10-8-2-1-7(13-8)9(11)6-3-4-12-5-6/h1-2,6H,3-5H2/t6-/m0/s1. The topological polar surface area (TPSA) is 26.3 Å². The third kappa shape index (κ3) is 2.00. The second-order valence-corrected chi connectivity index (χ2v) is 5.49. The Morgan fingerprint density at radius 2 is 2.46 bits per heavy atom. The van der Waals surface area contributed by atoms with Crippen LogP contribution in [0.4, 0.5) is 0 Å². The largest absolute Gasteiger partial charge is 0.381 e. The first kappa shape index (κ1) is 9.37. The van der Waals surface area contributed by atoms with Crippen LogP contribution in [0, 0.1) is 5.92 Å². The molecule has 0 N–H and O–H groups in total. The van der Waals surface area contributed by atoms with Gasteiger partial charge in [0.2, 0.25) is 0 Å². The molecule has 2 nitrogen and oxygen atoms in total. The molecule has 0 bridgehead atoms. The predicted octanol–water partition coefficient (Wildman–Crippen LogP) is 2.73. The summed E-state index contributed by atoms with van der Waals surface area (Å²) in [6, 6.07) is 3.78. The van der Waals surface area contributed by atoms with Crippen LogP contribution in [0.3, 0.4) is 0 Å². The average Bonchev–Trinajstić information content (AvgIpc) is 2.72. The van der Waals surface area contributed by atoms with E-state index in [4.69, 9.17) is 4.74 Å². The molecule has 1 atom stereocenters. The monoisotopic (exact) mass is 260 g/mol. The summed E-state index contributed by atoms with van der Waals surface area (Å²) >= 11 is 4.84. The van der Waals surface area contributed by atoms with Crippen LogP contribution in [0.5, 0.6) is 0 Å². The molecular formula is C9H9BrO2S. The number of hydrogen-bond acceptors (Lipinski definition) is 3. The van der Waals surface area contributed by atoms with Crippen LogP contribution < -0.4 is 0 Å². The summed E-state index contributed by atoms with van der Waals surface area (Å²) in [5.74, 6) is 0.318. The molecule has 1 aromatic heterocycles. The van der Waals surface area contributed by atoms with Gasteiger partial charge in [0.25, 0.3) is 0 Å². The summed E-state index contributed by atoms with van der Waals surface area (Å²) < 4.78 is 6.19. The van der Waals surface area contributed by atoms with E-state index < -0.39 is 0 Å². The molecule has 0 saturated carbocycles. The maximum absolute atomic E-state index is 11.8. The minimum absolute atomic E-state index is 0.0885. The van der Waals surface area contributed by atoms with E-state index in [0.29, 0.717) is 6.61 Å². The molecule has 1 saturated heterocycles. The van der Waals surface area contributed by atoms with E-state index >= 15 is 0 Å². The minimum atomic E-state index is 0.0885. The molecule has 1 aliphatic heterocycles. The van der Waals surface area contributed by atoms with Gasteiger partial charge in [-0.1, -0.05) is 0 Å². The van der Waals surface area contributed by atoms with Crippen LogP contribution >= 0.6 is 27.3 Å². The number of ether oxygens (including phenoxy) is 1. The molecule has 0 aliphatic carbocycles. The van der Waals surface area contributed by atoms with Crippen molar-refractivity contribution in [1.82, 2.24) is 0 Å². The highest BCUT2D eigenvalue weighted by Crippen LogP contribution is 2.26. The lowest BCUT2D eigenvalue weighted by Gasteiger charge is -2.02. The van der Waals surface area contributed by atoms with Gasteiger partial charge in [-0.15, -0.1) is 11.3 Å². The second kappa shape index (κ2) is 3.90. The Hall–Kier alpha value is -0.190. The molecular weight excluding hydrogens is 252 g/mol. The van der Waals surface area contributed by atoms with Gasteiger partial charge in [-0.3, -0.25) is 4.79 Å². The van der Waals surface area contributed by atoms with Crippen LogP contribution in [0.15, 0.2) is 15.9 Å². The fourth-order valence-electron chi connectivity index (χ4n) is 1.39. The van der Waals surface area contributed by atoms with Gasteiger partial charge in [0, 0.05) is 12.5 Å². The van der Waals surface area contributed by atoms with E-state index in [1.54, 1.807) is 0 Å². The summed E-state index contributed by atoms with van der Waals surface area (Å²) in [6.45, 7) is 1.32. The third-order valence-electron chi connectivity index (χ3n) is 2.12. The van der Waals surface area contributed by atoms with Gasteiger partial charge in [0.15, 0.2) is 5.78 Å². The maximum atomic E-state index is 11.8. The highest BCUT2D eigenvalue weighted by molar-refractivity contribution is 9.11. The van der Waals surface area contributed by atoms with Crippen molar-refractivity contribution < 1.29 is 9.53 Å². The van der Waals surface area contributed by atoms with E-state index in [-0.39, 0.29) is 11.7 Å².